The molecular weight excluding hydrogens is 293 g/mol. The van der Waals surface area contributed by atoms with Gasteiger partial charge in [0.2, 0.25) is 0 Å². The molecule has 1 aliphatic heterocycles. The maximum atomic E-state index is 12.9. The zero-order chi connectivity index (χ0) is 16.2. The summed E-state index contributed by atoms with van der Waals surface area (Å²) in [6.45, 7) is 3.36. The van der Waals surface area contributed by atoms with E-state index in [1.165, 1.54) is 12.1 Å². The lowest BCUT2D eigenvalue weighted by Gasteiger charge is -2.32. The van der Waals surface area contributed by atoms with Gasteiger partial charge in [0.15, 0.2) is 0 Å². The third-order valence-electron chi connectivity index (χ3n) is 4.14. The van der Waals surface area contributed by atoms with E-state index in [0.29, 0.717) is 18.8 Å². The molecule has 0 aromatic heterocycles. The second-order valence-corrected chi connectivity index (χ2v) is 5.93. The smallest absolute Gasteiger partial charge is 0.253 e. The minimum Gasteiger partial charge on any atom is -0.490 e. The van der Waals surface area contributed by atoms with Gasteiger partial charge >= 0.3 is 0 Å². The van der Waals surface area contributed by atoms with E-state index in [1.807, 2.05) is 36.1 Å². The number of carbonyl (C=O) groups excluding carboxylic acids is 1. The fraction of sp³-hybridized carbons (Fsp3) is 0.316. The predicted molar refractivity (Wildman–Crippen MR) is 87.1 cm³/mol. The highest BCUT2D eigenvalue weighted by molar-refractivity contribution is 5.94. The molecule has 1 amide bonds. The van der Waals surface area contributed by atoms with Crippen molar-refractivity contribution in [2.75, 3.05) is 13.1 Å². The fourth-order valence-electron chi connectivity index (χ4n) is 2.76. The second kappa shape index (κ2) is 6.82. The Balaban J connectivity index is 1.54. The first-order valence-corrected chi connectivity index (χ1v) is 7.90. The Hall–Kier alpha value is -2.36. The normalized spacial score (nSPS) is 15.5. The molecule has 0 aliphatic carbocycles. The summed E-state index contributed by atoms with van der Waals surface area (Å²) in [5, 5.41) is 0. The average molecular weight is 313 g/mol. The number of hydrogen-bond donors (Lipinski definition) is 0. The Bertz CT molecular complexity index is 659. The molecule has 0 spiro atoms. The highest BCUT2D eigenvalue weighted by Gasteiger charge is 2.24. The summed E-state index contributed by atoms with van der Waals surface area (Å²) in [7, 11) is 0. The molecule has 23 heavy (non-hydrogen) atoms. The summed E-state index contributed by atoms with van der Waals surface area (Å²) in [6.07, 6.45) is 1.65. The van der Waals surface area contributed by atoms with Crippen LogP contribution in [-0.4, -0.2) is 30.0 Å². The van der Waals surface area contributed by atoms with Gasteiger partial charge in [-0.2, -0.15) is 0 Å². The van der Waals surface area contributed by atoms with Gasteiger partial charge in [-0.3, -0.25) is 4.79 Å². The van der Waals surface area contributed by atoms with Gasteiger partial charge in [0.05, 0.1) is 0 Å². The maximum absolute atomic E-state index is 12.9. The predicted octanol–water partition coefficient (Wildman–Crippen LogP) is 3.82. The molecule has 1 fully saturated rings. The van der Waals surface area contributed by atoms with Crippen molar-refractivity contribution in [2.24, 2.45) is 0 Å². The Morgan fingerprint density at radius 2 is 1.65 bits per heavy atom. The van der Waals surface area contributed by atoms with Crippen LogP contribution in [0.2, 0.25) is 0 Å². The summed E-state index contributed by atoms with van der Waals surface area (Å²) >= 11 is 0. The molecule has 1 heterocycles. The zero-order valence-electron chi connectivity index (χ0n) is 13.2. The molecule has 2 aromatic rings. The third-order valence-corrected chi connectivity index (χ3v) is 4.14. The highest BCUT2D eigenvalue weighted by Crippen LogP contribution is 2.20. The Labute approximate surface area is 135 Å². The Morgan fingerprint density at radius 1 is 1.04 bits per heavy atom. The van der Waals surface area contributed by atoms with E-state index in [2.05, 4.69) is 0 Å². The first-order valence-electron chi connectivity index (χ1n) is 7.90. The number of piperidine rings is 1. The molecule has 0 N–H and O–H groups in total. The summed E-state index contributed by atoms with van der Waals surface area (Å²) in [4.78, 5) is 14.3. The van der Waals surface area contributed by atoms with Gasteiger partial charge in [0, 0.05) is 31.5 Å². The van der Waals surface area contributed by atoms with Crippen LogP contribution in [0.1, 0.15) is 28.8 Å². The zero-order valence-corrected chi connectivity index (χ0v) is 13.2. The number of benzene rings is 2. The average Bonchev–Trinajstić information content (AvgIpc) is 2.58. The van der Waals surface area contributed by atoms with Crippen molar-refractivity contribution in [1.82, 2.24) is 4.90 Å². The minimum absolute atomic E-state index is 0.0718. The SMILES string of the molecule is Cc1ccc(C(=O)N2CCC(Oc3ccc(F)cc3)CC2)cc1. The molecule has 1 saturated heterocycles. The van der Waals surface area contributed by atoms with E-state index in [9.17, 15) is 9.18 Å². The van der Waals surface area contributed by atoms with Gasteiger partial charge in [-0.15, -0.1) is 0 Å². The lowest BCUT2D eigenvalue weighted by Crippen LogP contribution is -2.41. The van der Waals surface area contributed by atoms with Crippen LogP contribution >= 0.6 is 0 Å². The first kappa shape index (κ1) is 15.5. The van der Waals surface area contributed by atoms with Crippen LogP contribution in [0.4, 0.5) is 4.39 Å². The van der Waals surface area contributed by atoms with Crippen molar-refractivity contribution >= 4 is 5.91 Å². The molecule has 2 aromatic carbocycles. The van der Waals surface area contributed by atoms with Gasteiger partial charge in [0.1, 0.15) is 17.7 Å². The topological polar surface area (TPSA) is 29.5 Å². The van der Waals surface area contributed by atoms with E-state index >= 15 is 0 Å². The molecule has 0 atom stereocenters. The van der Waals surface area contributed by atoms with Gasteiger partial charge in [-0.1, -0.05) is 17.7 Å². The van der Waals surface area contributed by atoms with Crippen LogP contribution < -0.4 is 4.74 Å². The monoisotopic (exact) mass is 313 g/mol. The van der Waals surface area contributed by atoms with E-state index in [0.717, 1.165) is 24.0 Å². The van der Waals surface area contributed by atoms with Crippen molar-refractivity contribution in [3.63, 3.8) is 0 Å². The Kier molecular flexibility index (Phi) is 4.60. The molecule has 0 bridgehead atoms. The van der Waals surface area contributed by atoms with Crippen LogP contribution in [0.25, 0.3) is 0 Å². The number of nitrogens with zero attached hydrogens (tertiary/aromatic N) is 1. The van der Waals surface area contributed by atoms with Crippen LogP contribution in [0, 0.1) is 12.7 Å². The van der Waals surface area contributed by atoms with Gasteiger partial charge in [-0.05, 0) is 43.3 Å². The second-order valence-electron chi connectivity index (χ2n) is 5.93. The number of hydrogen-bond acceptors (Lipinski definition) is 2. The fourth-order valence-corrected chi connectivity index (χ4v) is 2.76. The van der Waals surface area contributed by atoms with Crippen molar-refractivity contribution in [1.29, 1.82) is 0 Å². The van der Waals surface area contributed by atoms with E-state index in [1.54, 1.807) is 12.1 Å². The lowest BCUT2D eigenvalue weighted by atomic mass is 10.1. The van der Waals surface area contributed by atoms with Gasteiger partial charge in [0.25, 0.3) is 5.91 Å². The highest BCUT2D eigenvalue weighted by atomic mass is 19.1. The summed E-state index contributed by atoms with van der Waals surface area (Å²) in [5.74, 6) is 0.482. The number of carbonyl (C=O) groups is 1. The van der Waals surface area contributed by atoms with Crippen LogP contribution in [0.3, 0.4) is 0 Å². The van der Waals surface area contributed by atoms with E-state index in [-0.39, 0.29) is 17.8 Å². The molecule has 3 nitrogen and oxygen atoms in total. The number of aryl methyl sites for hydroxylation is 1. The lowest BCUT2D eigenvalue weighted by molar-refractivity contribution is 0.0595. The minimum atomic E-state index is -0.268. The quantitative estimate of drug-likeness (QED) is 0.862. The summed E-state index contributed by atoms with van der Waals surface area (Å²) < 4.78 is 18.7. The number of rotatable bonds is 3. The molecule has 120 valence electrons. The van der Waals surface area contributed by atoms with Crippen molar-refractivity contribution in [2.45, 2.75) is 25.9 Å². The summed E-state index contributed by atoms with van der Waals surface area (Å²) in [5.41, 5.74) is 1.88. The van der Waals surface area contributed by atoms with E-state index < -0.39 is 0 Å². The molecule has 4 heteroatoms. The van der Waals surface area contributed by atoms with Crippen LogP contribution in [-0.2, 0) is 0 Å². The van der Waals surface area contributed by atoms with Gasteiger partial charge < -0.3 is 9.64 Å². The molecule has 0 saturated carbocycles. The van der Waals surface area contributed by atoms with Gasteiger partial charge in [-0.25, -0.2) is 4.39 Å². The van der Waals surface area contributed by atoms with Crippen molar-refractivity contribution in [3.8, 4) is 5.75 Å². The Morgan fingerprint density at radius 3 is 2.26 bits per heavy atom. The molecule has 1 aliphatic rings. The van der Waals surface area contributed by atoms with E-state index in [4.69, 9.17) is 4.74 Å². The number of likely N-dealkylation sites (tertiary alicyclic amines) is 1. The molecular formula is C19H20FNO2. The standard InChI is InChI=1S/C19H20FNO2/c1-14-2-4-15(5-3-14)19(22)21-12-10-18(11-13-21)23-17-8-6-16(20)7-9-17/h2-9,18H,10-13H2,1H3. The first-order chi connectivity index (χ1) is 11.1. The maximum Gasteiger partial charge on any atom is 0.253 e. The molecule has 3 rings (SSSR count). The largest absolute Gasteiger partial charge is 0.490 e. The van der Waals surface area contributed by atoms with Crippen LogP contribution in [0.5, 0.6) is 5.75 Å². The molecule has 0 radical (unpaired) electrons. The third kappa shape index (κ3) is 3.89. The number of amides is 1. The number of ether oxygens (including phenoxy) is 1. The van der Waals surface area contributed by atoms with Crippen LogP contribution in [0.15, 0.2) is 48.5 Å². The summed E-state index contributed by atoms with van der Waals surface area (Å²) in [6, 6.07) is 13.7. The van der Waals surface area contributed by atoms with Crippen molar-refractivity contribution in [3.05, 3.63) is 65.5 Å². The van der Waals surface area contributed by atoms with Crippen molar-refractivity contribution < 1.29 is 13.9 Å². The number of halogens is 1. The molecule has 0 unspecified atom stereocenters.